The van der Waals surface area contributed by atoms with Crippen LogP contribution in [0.3, 0.4) is 0 Å². The first kappa shape index (κ1) is 20.6. The highest BCUT2D eigenvalue weighted by Gasteiger charge is 2.35. The maximum Gasteiger partial charge on any atom is 0.235 e. The van der Waals surface area contributed by atoms with Crippen LogP contribution in [0.5, 0.6) is 5.75 Å². The van der Waals surface area contributed by atoms with Gasteiger partial charge in [0.2, 0.25) is 5.91 Å². The zero-order valence-corrected chi connectivity index (χ0v) is 16.6. The molecule has 3 rings (SSSR count). The highest BCUT2D eigenvalue weighted by atomic mass is 35.5. The third kappa shape index (κ3) is 4.72. The molecule has 140 valence electrons. The van der Waals surface area contributed by atoms with Crippen molar-refractivity contribution in [2.75, 3.05) is 20.2 Å². The Balaban J connectivity index is 0.00000243. The van der Waals surface area contributed by atoms with Gasteiger partial charge in [-0.25, -0.2) is 0 Å². The molecule has 0 aliphatic carbocycles. The molecular formula is C20H25ClN2O2S. The van der Waals surface area contributed by atoms with Gasteiger partial charge >= 0.3 is 0 Å². The molecule has 26 heavy (non-hydrogen) atoms. The lowest BCUT2D eigenvalue weighted by molar-refractivity contribution is -0.129. The highest BCUT2D eigenvalue weighted by Crippen LogP contribution is 2.30. The molecule has 1 fully saturated rings. The Labute approximate surface area is 165 Å². The number of carbonyl (C=O) groups is 1. The predicted molar refractivity (Wildman–Crippen MR) is 109 cm³/mol. The summed E-state index contributed by atoms with van der Waals surface area (Å²) in [5.74, 6) is 1.18. The van der Waals surface area contributed by atoms with E-state index in [1.807, 2.05) is 54.3 Å². The van der Waals surface area contributed by atoms with E-state index in [0.717, 1.165) is 10.6 Å². The number of nitrogens with two attached hydrogens (primary N) is 1. The van der Waals surface area contributed by atoms with Gasteiger partial charge in [-0.1, -0.05) is 30.3 Å². The number of methoxy groups -OCH3 is 1. The first-order valence-electron chi connectivity index (χ1n) is 8.48. The number of rotatable bonds is 5. The smallest absolute Gasteiger partial charge is 0.235 e. The minimum absolute atomic E-state index is 0. The van der Waals surface area contributed by atoms with Crippen LogP contribution in [0.15, 0.2) is 59.5 Å². The van der Waals surface area contributed by atoms with Crippen molar-refractivity contribution in [2.24, 2.45) is 5.73 Å². The van der Waals surface area contributed by atoms with Crippen LogP contribution in [0, 0.1) is 0 Å². The number of halogens is 1. The number of thioether (sulfide) groups is 1. The Morgan fingerprint density at radius 3 is 2.42 bits per heavy atom. The topological polar surface area (TPSA) is 55.6 Å². The summed E-state index contributed by atoms with van der Waals surface area (Å²) in [4.78, 5) is 15.8. The number of hydrogen-bond acceptors (Lipinski definition) is 4. The van der Waals surface area contributed by atoms with Crippen LogP contribution in [0.2, 0.25) is 0 Å². The maximum absolute atomic E-state index is 12.8. The predicted octanol–water partition coefficient (Wildman–Crippen LogP) is 3.55. The number of benzene rings is 2. The van der Waals surface area contributed by atoms with E-state index in [9.17, 15) is 4.79 Å². The first-order chi connectivity index (χ1) is 12.1. The molecule has 1 aliphatic heterocycles. The van der Waals surface area contributed by atoms with Crippen LogP contribution in [0.4, 0.5) is 0 Å². The van der Waals surface area contributed by atoms with E-state index in [-0.39, 0.29) is 35.5 Å². The van der Waals surface area contributed by atoms with Crippen LogP contribution in [0.25, 0.3) is 0 Å². The molecule has 4 nitrogen and oxygen atoms in total. The number of hydrogen-bond donors (Lipinski definition) is 1. The van der Waals surface area contributed by atoms with Crippen molar-refractivity contribution < 1.29 is 9.53 Å². The Morgan fingerprint density at radius 2 is 1.81 bits per heavy atom. The van der Waals surface area contributed by atoms with E-state index < -0.39 is 0 Å². The van der Waals surface area contributed by atoms with Gasteiger partial charge in [0, 0.05) is 29.9 Å². The SMILES string of the molecule is COc1ccc(SC(C)C(=O)N2C[C@@H](N)[C@H](c3ccccc3)C2)cc1.Cl. The largest absolute Gasteiger partial charge is 0.497 e. The van der Waals surface area contributed by atoms with Crippen molar-refractivity contribution in [3.63, 3.8) is 0 Å². The quantitative estimate of drug-likeness (QED) is 0.790. The minimum Gasteiger partial charge on any atom is -0.497 e. The summed E-state index contributed by atoms with van der Waals surface area (Å²) in [6, 6.07) is 18.0. The molecule has 2 aromatic rings. The standard InChI is InChI=1S/C20H24N2O2S.ClH/c1-14(25-17-10-8-16(24-2)9-11-17)20(23)22-12-18(19(21)13-22)15-6-4-3-5-7-15;/h3-11,14,18-19H,12-13,21H2,1-2H3;1H/t14?,18-,19+;/m0./s1. The average Bonchev–Trinajstić information content (AvgIpc) is 3.04. The fourth-order valence-electron chi connectivity index (χ4n) is 3.23. The van der Waals surface area contributed by atoms with Gasteiger partial charge in [-0.05, 0) is 36.8 Å². The summed E-state index contributed by atoms with van der Waals surface area (Å²) in [5, 5.41) is -0.143. The van der Waals surface area contributed by atoms with Crippen molar-refractivity contribution in [3.05, 3.63) is 60.2 Å². The lowest BCUT2D eigenvalue weighted by Gasteiger charge is -2.20. The molecule has 1 amide bonds. The van der Waals surface area contributed by atoms with Crippen molar-refractivity contribution in [2.45, 2.75) is 29.0 Å². The Morgan fingerprint density at radius 1 is 1.15 bits per heavy atom. The second-order valence-corrected chi connectivity index (χ2v) is 7.77. The van der Waals surface area contributed by atoms with E-state index in [1.165, 1.54) is 5.56 Å². The molecule has 3 atom stereocenters. The maximum atomic E-state index is 12.8. The normalized spacial score (nSPS) is 20.3. The molecule has 0 bridgehead atoms. The van der Waals surface area contributed by atoms with Gasteiger partial charge in [-0.2, -0.15) is 0 Å². The van der Waals surface area contributed by atoms with Gasteiger partial charge in [0.1, 0.15) is 5.75 Å². The molecule has 6 heteroatoms. The Bertz CT molecular complexity index is 712. The third-order valence-electron chi connectivity index (χ3n) is 4.62. The second kappa shape index (κ2) is 9.31. The fraction of sp³-hybridized carbons (Fsp3) is 0.350. The molecule has 1 saturated heterocycles. The summed E-state index contributed by atoms with van der Waals surface area (Å²) in [7, 11) is 1.65. The number of amides is 1. The fourth-order valence-corrected chi connectivity index (χ4v) is 4.18. The Kier molecular flexibility index (Phi) is 7.38. The summed E-state index contributed by atoms with van der Waals surface area (Å²) in [5.41, 5.74) is 7.52. The van der Waals surface area contributed by atoms with Crippen molar-refractivity contribution in [1.82, 2.24) is 4.90 Å². The molecule has 1 aliphatic rings. The zero-order chi connectivity index (χ0) is 17.8. The monoisotopic (exact) mass is 392 g/mol. The van der Waals surface area contributed by atoms with Gasteiger partial charge in [-0.3, -0.25) is 4.79 Å². The van der Waals surface area contributed by atoms with E-state index in [0.29, 0.717) is 13.1 Å². The molecule has 1 unspecified atom stereocenters. The molecule has 0 radical (unpaired) electrons. The van der Waals surface area contributed by atoms with E-state index in [1.54, 1.807) is 18.9 Å². The summed E-state index contributed by atoms with van der Waals surface area (Å²) in [6.45, 7) is 3.27. The van der Waals surface area contributed by atoms with Gasteiger partial charge in [0.15, 0.2) is 0 Å². The number of nitrogens with zero attached hydrogens (tertiary/aromatic N) is 1. The van der Waals surface area contributed by atoms with Gasteiger partial charge < -0.3 is 15.4 Å². The number of ether oxygens (including phenoxy) is 1. The van der Waals surface area contributed by atoms with Gasteiger partial charge in [0.05, 0.1) is 12.4 Å². The Hall–Kier alpha value is -1.69. The summed E-state index contributed by atoms with van der Waals surface area (Å²) < 4.78 is 5.17. The molecule has 2 N–H and O–H groups in total. The van der Waals surface area contributed by atoms with Crippen LogP contribution in [-0.2, 0) is 4.79 Å². The van der Waals surface area contributed by atoms with E-state index in [4.69, 9.17) is 10.5 Å². The molecule has 0 saturated carbocycles. The summed E-state index contributed by atoms with van der Waals surface area (Å²) in [6.07, 6.45) is 0. The average molecular weight is 393 g/mol. The summed E-state index contributed by atoms with van der Waals surface area (Å²) >= 11 is 1.57. The molecular weight excluding hydrogens is 368 g/mol. The minimum atomic E-state index is -0.143. The first-order valence-corrected chi connectivity index (χ1v) is 9.36. The third-order valence-corrected chi connectivity index (χ3v) is 5.72. The van der Waals surface area contributed by atoms with Crippen LogP contribution < -0.4 is 10.5 Å². The van der Waals surface area contributed by atoms with Gasteiger partial charge in [-0.15, -0.1) is 24.2 Å². The number of carbonyl (C=O) groups excluding carboxylic acids is 1. The van der Waals surface area contributed by atoms with Crippen LogP contribution in [-0.4, -0.2) is 42.3 Å². The van der Waals surface area contributed by atoms with Crippen molar-refractivity contribution in [3.8, 4) is 5.75 Å². The highest BCUT2D eigenvalue weighted by molar-refractivity contribution is 8.00. The lowest BCUT2D eigenvalue weighted by Crippen LogP contribution is -2.36. The van der Waals surface area contributed by atoms with E-state index in [2.05, 4.69) is 12.1 Å². The molecule has 2 aromatic carbocycles. The molecule has 0 spiro atoms. The van der Waals surface area contributed by atoms with E-state index >= 15 is 0 Å². The van der Waals surface area contributed by atoms with Crippen LogP contribution in [0.1, 0.15) is 18.4 Å². The lowest BCUT2D eigenvalue weighted by atomic mass is 9.95. The second-order valence-electron chi connectivity index (χ2n) is 6.36. The molecule has 0 aromatic heterocycles. The zero-order valence-electron chi connectivity index (χ0n) is 15.0. The van der Waals surface area contributed by atoms with Gasteiger partial charge in [0.25, 0.3) is 0 Å². The number of likely N-dealkylation sites (tertiary alicyclic amines) is 1. The van der Waals surface area contributed by atoms with Crippen LogP contribution >= 0.6 is 24.2 Å². The molecule has 1 heterocycles. The van der Waals surface area contributed by atoms with Crippen molar-refractivity contribution in [1.29, 1.82) is 0 Å². The van der Waals surface area contributed by atoms with Crippen molar-refractivity contribution >= 4 is 30.1 Å².